The van der Waals surface area contributed by atoms with Crippen LogP contribution in [0.1, 0.15) is 62.0 Å². The van der Waals surface area contributed by atoms with Crippen molar-refractivity contribution >= 4 is 56.7 Å². The molecular formula is C48H42N2O4+2. The molecule has 0 saturated heterocycles. The molecule has 6 heteroatoms. The van der Waals surface area contributed by atoms with Gasteiger partial charge in [-0.15, -0.1) is 0 Å². The van der Waals surface area contributed by atoms with Crippen molar-refractivity contribution in [1.82, 2.24) is 0 Å². The number of pyridine rings is 2. The number of allylic oxidation sites excluding steroid dienone is 4. The zero-order valence-corrected chi connectivity index (χ0v) is 30.5. The number of hydrogen-bond donors (Lipinski definition) is 2. The smallest absolute Gasteiger partial charge is 0.212 e. The van der Waals surface area contributed by atoms with Crippen LogP contribution in [-0.4, -0.2) is 21.8 Å². The van der Waals surface area contributed by atoms with E-state index in [9.17, 15) is 19.8 Å². The van der Waals surface area contributed by atoms with Gasteiger partial charge in [-0.2, -0.15) is 9.13 Å². The SMILES string of the molecule is CCCC[n+]1c(/C=C2/C(=O)C(c3ccc(-c4ccc(C5=C(O)/C(=C\c6ccc7ccccc7[n+]6CCCC)C5=O)cc4)cc3)=C2O)ccc2ccccc21. The third-order valence-electron chi connectivity index (χ3n) is 10.6. The molecule has 0 saturated carbocycles. The molecule has 4 aromatic carbocycles. The van der Waals surface area contributed by atoms with Gasteiger partial charge in [0, 0.05) is 60.0 Å². The van der Waals surface area contributed by atoms with Crippen LogP contribution in [0.4, 0.5) is 0 Å². The average molecular weight is 711 g/mol. The Labute approximate surface area is 315 Å². The number of aliphatic hydroxyl groups is 2. The number of fused-ring (bicyclic) bond motifs is 2. The van der Waals surface area contributed by atoms with E-state index in [1.165, 1.54) is 0 Å². The van der Waals surface area contributed by atoms with Crippen LogP contribution in [0.2, 0.25) is 0 Å². The van der Waals surface area contributed by atoms with Gasteiger partial charge in [-0.3, -0.25) is 9.59 Å². The largest absolute Gasteiger partial charge is 0.506 e. The highest BCUT2D eigenvalue weighted by Gasteiger charge is 2.37. The first-order valence-corrected chi connectivity index (χ1v) is 18.8. The number of aliphatic hydroxyl groups excluding tert-OH is 2. The standard InChI is InChI=1S/C48H40N2O4/c1-3-5-27-49-37(25-23-33-11-7-9-13-41(33)49)29-39-45(51)43(46(39)52)35-19-15-31(16-20-35)32-17-21-36(22-18-32)44-47(53)40(48(44)54)30-38-26-24-34-12-8-10-14-42(34)50(38)28-6-4-2/h7-26,29-30H,3-6,27-28H2,1-2H3/p+2. The van der Waals surface area contributed by atoms with Crippen LogP contribution in [0.15, 0.2) is 144 Å². The summed E-state index contributed by atoms with van der Waals surface area (Å²) in [7, 11) is 0. The van der Waals surface area contributed by atoms with Gasteiger partial charge in [-0.1, -0.05) is 99.5 Å². The third kappa shape index (κ3) is 6.13. The number of aromatic nitrogens is 2. The van der Waals surface area contributed by atoms with Crippen molar-refractivity contribution in [2.45, 2.75) is 52.6 Å². The van der Waals surface area contributed by atoms with Gasteiger partial charge >= 0.3 is 0 Å². The molecule has 2 aromatic heterocycles. The van der Waals surface area contributed by atoms with Crippen molar-refractivity contribution in [3.8, 4) is 11.1 Å². The van der Waals surface area contributed by atoms with Gasteiger partial charge in [0.25, 0.3) is 0 Å². The first-order valence-electron chi connectivity index (χ1n) is 18.8. The van der Waals surface area contributed by atoms with Crippen LogP contribution in [0.25, 0.3) is 56.2 Å². The lowest BCUT2D eigenvalue weighted by Gasteiger charge is -2.22. The number of aryl methyl sites for hydroxylation is 2. The third-order valence-corrected chi connectivity index (χ3v) is 10.6. The second-order valence-electron chi connectivity index (χ2n) is 14.0. The fraction of sp³-hybridized carbons (Fsp3) is 0.167. The van der Waals surface area contributed by atoms with Gasteiger partial charge in [0.2, 0.25) is 34.0 Å². The molecule has 2 aliphatic rings. The lowest BCUT2D eigenvalue weighted by atomic mass is 9.82. The summed E-state index contributed by atoms with van der Waals surface area (Å²) in [6.45, 7) is 5.96. The summed E-state index contributed by atoms with van der Waals surface area (Å²) < 4.78 is 4.43. The van der Waals surface area contributed by atoms with Crippen molar-refractivity contribution in [2.24, 2.45) is 0 Å². The molecular weight excluding hydrogens is 669 g/mol. The highest BCUT2D eigenvalue weighted by Crippen LogP contribution is 2.39. The maximum Gasteiger partial charge on any atom is 0.212 e. The van der Waals surface area contributed by atoms with Crippen LogP contribution in [0.3, 0.4) is 0 Å². The predicted molar refractivity (Wildman–Crippen MR) is 215 cm³/mol. The van der Waals surface area contributed by atoms with E-state index in [1.54, 1.807) is 12.2 Å². The van der Waals surface area contributed by atoms with Crippen LogP contribution >= 0.6 is 0 Å². The van der Waals surface area contributed by atoms with E-state index in [1.807, 2.05) is 84.9 Å². The number of nitrogens with zero attached hydrogens (tertiary/aromatic N) is 2. The van der Waals surface area contributed by atoms with E-state index in [-0.39, 0.29) is 23.1 Å². The average Bonchev–Trinajstić information content (AvgIpc) is 3.21. The molecule has 8 rings (SSSR count). The lowest BCUT2D eigenvalue weighted by Crippen LogP contribution is -2.38. The van der Waals surface area contributed by atoms with E-state index in [4.69, 9.17) is 0 Å². The van der Waals surface area contributed by atoms with Crippen LogP contribution in [-0.2, 0) is 22.7 Å². The number of carbonyl (C=O) groups is 2. The number of carbonyl (C=O) groups excluding carboxylic acids is 2. The molecule has 54 heavy (non-hydrogen) atoms. The van der Waals surface area contributed by atoms with Gasteiger partial charge in [0.15, 0.2) is 0 Å². The van der Waals surface area contributed by atoms with Crippen LogP contribution < -0.4 is 9.13 Å². The maximum absolute atomic E-state index is 13.4. The van der Waals surface area contributed by atoms with Crippen molar-refractivity contribution in [3.63, 3.8) is 0 Å². The van der Waals surface area contributed by atoms with Gasteiger partial charge < -0.3 is 10.2 Å². The summed E-state index contributed by atoms with van der Waals surface area (Å²) in [5.41, 5.74) is 8.40. The first kappa shape index (κ1) is 34.7. The molecule has 0 bridgehead atoms. The molecule has 6 nitrogen and oxygen atoms in total. The number of rotatable bonds is 11. The Balaban J connectivity index is 1.01. The fourth-order valence-corrected chi connectivity index (χ4v) is 7.54. The van der Waals surface area contributed by atoms with E-state index in [0.29, 0.717) is 33.4 Å². The molecule has 0 fully saturated rings. The van der Waals surface area contributed by atoms with Gasteiger partial charge in [-0.25, -0.2) is 0 Å². The fourth-order valence-electron chi connectivity index (χ4n) is 7.54. The van der Waals surface area contributed by atoms with Crippen molar-refractivity contribution in [2.75, 3.05) is 0 Å². The minimum atomic E-state index is -0.178. The Kier molecular flexibility index (Phi) is 9.34. The second-order valence-corrected chi connectivity index (χ2v) is 14.0. The monoisotopic (exact) mass is 710 g/mol. The van der Waals surface area contributed by atoms with E-state index >= 15 is 0 Å². The summed E-state index contributed by atoms with van der Waals surface area (Å²) in [5, 5.41) is 24.4. The highest BCUT2D eigenvalue weighted by molar-refractivity contribution is 6.41. The first-order chi connectivity index (χ1) is 26.4. The second kappa shape index (κ2) is 14.6. The minimum Gasteiger partial charge on any atom is -0.506 e. The molecule has 266 valence electrons. The Hall–Kier alpha value is -6.40. The van der Waals surface area contributed by atoms with Gasteiger partial charge in [0.1, 0.15) is 24.6 Å². The van der Waals surface area contributed by atoms with Crippen LogP contribution in [0, 0.1) is 0 Å². The molecule has 0 spiro atoms. The zero-order valence-electron chi connectivity index (χ0n) is 30.5. The maximum atomic E-state index is 13.4. The van der Waals surface area contributed by atoms with Crippen molar-refractivity contribution < 1.29 is 28.9 Å². The van der Waals surface area contributed by atoms with Gasteiger partial charge in [-0.05, 0) is 46.5 Å². The Morgan fingerprint density at radius 2 is 0.852 bits per heavy atom. The summed E-state index contributed by atoms with van der Waals surface area (Å²) in [6.07, 6.45) is 7.71. The summed E-state index contributed by atoms with van der Waals surface area (Å²) in [4.78, 5) is 26.8. The number of ketones is 2. The number of para-hydroxylation sites is 2. The topological polar surface area (TPSA) is 82.4 Å². The highest BCUT2D eigenvalue weighted by atomic mass is 16.3. The minimum absolute atomic E-state index is 0.00960. The Bertz CT molecular complexity index is 2420. The molecule has 2 heterocycles. The molecule has 0 atom stereocenters. The number of hydrogen-bond acceptors (Lipinski definition) is 4. The van der Waals surface area contributed by atoms with E-state index < -0.39 is 0 Å². The predicted octanol–water partition coefficient (Wildman–Crippen LogP) is 9.71. The summed E-state index contributed by atoms with van der Waals surface area (Å²) in [6, 6.07) is 39.6. The molecule has 2 N–H and O–H groups in total. The number of unbranched alkanes of at least 4 members (excludes halogenated alkanes) is 2. The van der Waals surface area contributed by atoms with Crippen LogP contribution in [0.5, 0.6) is 0 Å². The van der Waals surface area contributed by atoms with Gasteiger partial charge in [0.05, 0.1) is 22.3 Å². The molecule has 2 aliphatic carbocycles. The Morgan fingerprint density at radius 1 is 0.481 bits per heavy atom. The lowest BCUT2D eigenvalue weighted by molar-refractivity contribution is -0.673. The molecule has 0 amide bonds. The quantitative estimate of drug-likeness (QED) is 0.104. The number of benzene rings is 4. The zero-order chi connectivity index (χ0) is 37.3. The molecule has 0 radical (unpaired) electrons. The number of Topliss-reactive ketones (excluding diaryl/α,β-unsaturated/α-hetero) is 2. The molecule has 0 unspecified atom stereocenters. The Morgan fingerprint density at radius 3 is 1.22 bits per heavy atom. The van der Waals surface area contributed by atoms with Crippen molar-refractivity contribution in [3.05, 3.63) is 167 Å². The normalized spacial score (nSPS) is 15.8. The van der Waals surface area contributed by atoms with E-state index in [0.717, 1.165) is 83.1 Å². The summed E-state index contributed by atoms with van der Waals surface area (Å²) in [5.74, 6) is -0.337. The summed E-state index contributed by atoms with van der Waals surface area (Å²) >= 11 is 0. The molecule has 6 aromatic rings. The molecule has 0 aliphatic heterocycles. The van der Waals surface area contributed by atoms with Crippen molar-refractivity contribution in [1.29, 1.82) is 0 Å². The van der Waals surface area contributed by atoms with E-state index in [2.05, 4.69) is 59.4 Å².